The first-order valence-corrected chi connectivity index (χ1v) is 12.2. The molecule has 1 aliphatic carbocycles. The van der Waals surface area contributed by atoms with Crippen molar-refractivity contribution < 1.29 is 0 Å². The van der Waals surface area contributed by atoms with Crippen LogP contribution in [0.4, 0.5) is 5.69 Å². The average Bonchev–Trinajstić information content (AvgIpc) is 3.26. The molecule has 0 radical (unpaired) electrons. The maximum absolute atomic E-state index is 6.09. The van der Waals surface area contributed by atoms with Crippen LogP contribution in [-0.4, -0.2) is 16.6 Å². The lowest BCUT2D eigenvalue weighted by Gasteiger charge is -2.30. The van der Waals surface area contributed by atoms with Gasteiger partial charge in [-0.1, -0.05) is 59.9 Å². The van der Waals surface area contributed by atoms with Crippen LogP contribution in [-0.2, 0) is 5.41 Å². The van der Waals surface area contributed by atoms with Gasteiger partial charge < -0.3 is 10.6 Å². The Balaban J connectivity index is 1.33. The Morgan fingerprint density at radius 2 is 1.58 bits per heavy atom. The molecule has 0 bridgehead atoms. The van der Waals surface area contributed by atoms with Crippen LogP contribution in [0.2, 0.25) is 10.0 Å². The quantitative estimate of drug-likeness (QED) is 0.355. The molecular formula is C24H23Cl2N3S2. The van der Waals surface area contributed by atoms with Crippen LogP contribution < -0.4 is 10.6 Å². The molecule has 4 rings (SSSR count). The van der Waals surface area contributed by atoms with Gasteiger partial charge in [-0.3, -0.25) is 0 Å². The number of benzene rings is 2. The summed E-state index contributed by atoms with van der Waals surface area (Å²) in [6.45, 7) is 0.804. The summed E-state index contributed by atoms with van der Waals surface area (Å²) in [6, 6.07) is 19.9. The second-order valence-corrected chi connectivity index (χ2v) is 10.1. The fourth-order valence-corrected chi connectivity index (χ4v) is 5.18. The summed E-state index contributed by atoms with van der Waals surface area (Å²) < 4.78 is 0. The highest BCUT2D eigenvalue weighted by Gasteiger charge is 2.35. The summed E-state index contributed by atoms with van der Waals surface area (Å²) in [5.41, 5.74) is 2.30. The first-order chi connectivity index (χ1) is 15.0. The summed E-state index contributed by atoms with van der Waals surface area (Å²) >= 11 is 19.2. The van der Waals surface area contributed by atoms with E-state index in [-0.39, 0.29) is 5.41 Å². The van der Waals surface area contributed by atoms with E-state index in [1.807, 2.05) is 48.5 Å². The summed E-state index contributed by atoms with van der Waals surface area (Å²) in [5.74, 6) is 0. The van der Waals surface area contributed by atoms with E-state index in [2.05, 4.69) is 27.8 Å². The van der Waals surface area contributed by atoms with Crippen molar-refractivity contribution in [1.82, 2.24) is 10.3 Å². The predicted octanol–water partition coefficient (Wildman–Crippen LogP) is 7.34. The van der Waals surface area contributed by atoms with Gasteiger partial charge in [0, 0.05) is 26.9 Å². The van der Waals surface area contributed by atoms with Crippen LogP contribution in [0.1, 0.15) is 31.2 Å². The summed E-state index contributed by atoms with van der Waals surface area (Å²) in [4.78, 5) is 5.62. The third-order valence-electron chi connectivity index (χ3n) is 5.63. The van der Waals surface area contributed by atoms with Crippen molar-refractivity contribution in [3.8, 4) is 0 Å². The number of anilines is 1. The number of hydrogen-bond acceptors (Lipinski definition) is 3. The lowest BCUT2D eigenvalue weighted by molar-refractivity contribution is 0.435. The number of rotatable bonds is 6. The van der Waals surface area contributed by atoms with Crippen LogP contribution in [0.25, 0.3) is 0 Å². The average molecular weight is 489 g/mol. The van der Waals surface area contributed by atoms with Crippen LogP contribution in [0, 0.1) is 0 Å². The Morgan fingerprint density at radius 3 is 2.19 bits per heavy atom. The molecule has 2 aromatic carbocycles. The molecule has 0 spiro atoms. The Bertz CT molecular complexity index is 1020. The minimum absolute atomic E-state index is 0.105. The first-order valence-electron chi connectivity index (χ1n) is 10.2. The molecule has 0 atom stereocenters. The van der Waals surface area contributed by atoms with E-state index in [9.17, 15) is 0 Å². The molecule has 1 fully saturated rings. The lowest BCUT2D eigenvalue weighted by atomic mass is 9.79. The minimum Gasteiger partial charge on any atom is -0.362 e. The number of hydrogen-bond donors (Lipinski definition) is 2. The molecule has 31 heavy (non-hydrogen) atoms. The van der Waals surface area contributed by atoms with Crippen LogP contribution in [0.5, 0.6) is 0 Å². The fraction of sp³-hybridized carbons (Fsp3) is 0.250. The molecular weight excluding hydrogens is 465 g/mol. The minimum atomic E-state index is 0.105. The molecule has 3 nitrogen and oxygen atoms in total. The highest BCUT2D eigenvalue weighted by atomic mass is 35.5. The highest BCUT2D eigenvalue weighted by molar-refractivity contribution is 7.99. The number of aromatic nitrogens is 1. The second kappa shape index (κ2) is 10.2. The Labute approximate surface area is 203 Å². The number of nitrogens with zero attached hydrogens (tertiary/aromatic N) is 1. The maximum atomic E-state index is 6.09. The van der Waals surface area contributed by atoms with E-state index in [1.165, 1.54) is 18.4 Å². The van der Waals surface area contributed by atoms with Gasteiger partial charge in [0.05, 0.1) is 11.9 Å². The molecule has 0 saturated heterocycles. The van der Waals surface area contributed by atoms with Crippen molar-refractivity contribution >= 4 is 58.0 Å². The van der Waals surface area contributed by atoms with Gasteiger partial charge in [0.15, 0.2) is 5.11 Å². The molecule has 1 aliphatic rings. The summed E-state index contributed by atoms with van der Waals surface area (Å²) in [5, 5.41) is 9.71. The van der Waals surface area contributed by atoms with Crippen LogP contribution in [0.15, 0.2) is 76.8 Å². The van der Waals surface area contributed by atoms with E-state index in [0.29, 0.717) is 5.11 Å². The number of nitrogens with one attached hydrogen (secondary N) is 2. The van der Waals surface area contributed by atoms with Gasteiger partial charge in [-0.25, -0.2) is 4.98 Å². The van der Waals surface area contributed by atoms with Crippen molar-refractivity contribution in [1.29, 1.82) is 0 Å². The number of thiocarbonyl (C=S) groups is 1. The van der Waals surface area contributed by atoms with Gasteiger partial charge in [-0.2, -0.15) is 0 Å². The molecule has 1 heterocycles. The summed E-state index contributed by atoms with van der Waals surface area (Å²) in [7, 11) is 0. The topological polar surface area (TPSA) is 37.0 Å². The zero-order chi connectivity index (χ0) is 21.7. The van der Waals surface area contributed by atoms with Gasteiger partial charge in [0.2, 0.25) is 0 Å². The molecule has 0 aliphatic heterocycles. The van der Waals surface area contributed by atoms with Gasteiger partial charge in [0.1, 0.15) is 5.03 Å². The largest absolute Gasteiger partial charge is 0.362 e. The third-order valence-corrected chi connectivity index (χ3v) is 7.34. The molecule has 0 unspecified atom stereocenters. The highest BCUT2D eigenvalue weighted by Crippen LogP contribution is 2.41. The number of halogens is 2. The van der Waals surface area contributed by atoms with Crippen molar-refractivity contribution in [3.05, 3.63) is 82.5 Å². The van der Waals surface area contributed by atoms with E-state index < -0.39 is 0 Å². The third kappa shape index (κ3) is 5.92. The predicted molar refractivity (Wildman–Crippen MR) is 136 cm³/mol. The molecule has 7 heteroatoms. The second-order valence-electron chi connectivity index (χ2n) is 7.74. The molecule has 3 aromatic rings. The first kappa shape index (κ1) is 22.4. The zero-order valence-electron chi connectivity index (χ0n) is 16.9. The SMILES string of the molecule is S=C(NCC1(c2ccc(Cl)cc2)CCCC1)Nc1ccc(Sc2ccc(Cl)cc2)nc1. The fourth-order valence-electron chi connectivity index (χ4n) is 3.99. The van der Waals surface area contributed by atoms with E-state index in [0.717, 1.165) is 45.0 Å². The molecule has 160 valence electrons. The van der Waals surface area contributed by atoms with Gasteiger partial charge >= 0.3 is 0 Å². The molecule has 0 amide bonds. The van der Waals surface area contributed by atoms with E-state index in [4.69, 9.17) is 35.4 Å². The molecule has 1 saturated carbocycles. The smallest absolute Gasteiger partial charge is 0.170 e. The van der Waals surface area contributed by atoms with Crippen molar-refractivity contribution in [3.63, 3.8) is 0 Å². The van der Waals surface area contributed by atoms with Gasteiger partial charge in [0.25, 0.3) is 0 Å². The standard InChI is InChI=1S/C24H23Cl2N3S2/c25-18-5-3-17(4-6-18)24(13-1-2-14-24)16-28-23(30)29-20-9-12-22(27-15-20)31-21-10-7-19(26)8-11-21/h3-12,15H,1-2,13-14,16H2,(H2,28,29,30). The monoisotopic (exact) mass is 487 g/mol. The normalized spacial score (nSPS) is 14.9. The van der Waals surface area contributed by atoms with Crippen LogP contribution >= 0.6 is 47.2 Å². The van der Waals surface area contributed by atoms with E-state index in [1.54, 1.807) is 18.0 Å². The van der Waals surface area contributed by atoms with Gasteiger partial charge in [-0.05, 0) is 79.2 Å². The van der Waals surface area contributed by atoms with Crippen molar-refractivity contribution in [2.45, 2.75) is 41.0 Å². The Morgan fingerprint density at radius 1 is 0.935 bits per heavy atom. The van der Waals surface area contributed by atoms with E-state index >= 15 is 0 Å². The Kier molecular flexibility index (Phi) is 7.39. The maximum Gasteiger partial charge on any atom is 0.170 e. The number of pyridine rings is 1. The summed E-state index contributed by atoms with van der Waals surface area (Å²) in [6.07, 6.45) is 6.59. The zero-order valence-corrected chi connectivity index (χ0v) is 20.1. The van der Waals surface area contributed by atoms with Gasteiger partial charge in [-0.15, -0.1) is 0 Å². The van der Waals surface area contributed by atoms with Crippen molar-refractivity contribution in [2.24, 2.45) is 0 Å². The Hall–Kier alpha value is -1.79. The molecule has 2 N–H and O–H groups in total. The van der Waals surface area contributed by atoms with Crippen molar-refractivity contribution in [2.75, 3.05) is 11.9 Å². The van der Waals surface area contributed by atoms with Crippen LogP contribution in [0.3, 0.4) is 0 Å². The lowest BCUT2D eigenvalue weighted by Crippen LogP contribution is -2.40. The molecule has 1 aromatic heterocycles.